The molecule has 152 valence electrons. The summed E-state index contributed by atoms with van der Waals surface area (Å²) < 4.78 is 3.86. The van der Waals surface area contributed by atoms with Crippen molar-refractivity contribution in [2.75, 3.05) is 13.1 Å². The van der Waals surface area contributed by atoms with Crippen LogP contribution in [0.15, 0.2) is 60.9 Å². The van der Waals surface area contributed by atoms with Crippen LogP contribution in [0.1, 0.15) is 30.3 Å². The van der Waals surface area contributed by atoms with Crippen LogP contribution in [-0.2, 0) is 17.8 Å². The van der Waals surface area contributed by atoms with E-state index in [1.807, 2.05) is 17.0 Å². The molecule has 4 aromatic rings. The number of rotatable bonds is 5. The van der Waals surface area contributed by atoms with Crippen LogP contribution in [0.5, 0.6) is 0 Å². The van der Waals surface area contributed by atoms with Crippen molar-refractivity contribution in [1.29, 1.82) is 0 Å². The summed E-state index contributed by atoms with van der Waals surface area (Å²) in [5, 5.41) is 11.0. The molecule has 1 aliphatic heterocycles. The Morgan fingerprint density at radius 3 is 2.53 bits per heavy atom. The molecule has 1 saturated heterocycles. The zero-order chi connectivity index (χ0) is 20.3. The Hall–Kier alpha value is -3.55. The number of hydrogen-bond donors (Lipinski definition) is 0. The molecule has 8 heteroatoms. The molecule has 0 radical (unpaired) electrons. The minimum atomic E-state index is 0.0562. The SMILES string of the molecule is O=C(Cn1cnnn1)N1CCC(n2c(Cc3ccccc3)nc3ccccc32)CC1. The highest BCUT2D eigenvalue weighted by Gasteiger charge is 2.27. The van der Waals surface area contributed by atoms with Crippen molar-refractivity contribution in [3.63, 3.8) is 0 Å². The van der Waals surface area contributed by atoms with Crippen LogP contribution in [0.25, 0.3) is 11.0 Å². The molecule has 0 aliphatic carbocycles. The van der Waals surface area contributed by atoms with E-state index >= 15 is 0 Å². The lowest BCUT2D eigenvalue weighted by Gasteiger charge is -2.33. The number of para-hydroxylation sites is 2. The van der Waals surface area contributed by atoms with Gasteiger partial charge < -0.3 is 9.47 Å². The first-order valence-electron chi connectivity index (χ1n) is 10.3. The van der Waals surface area contributed by atoms with Crippen LogP contribution >= 0.6 is 0 Å². The van der Waals surface area contributed by atoms with E-state index in [9.17, 15) is 4.79 Å². The van der Waals surface area contributed by atoms with Gasteiger partial charge in [0.25, 0.3) is 0 Å². The van der Waals surface area contributed by atoms with Gasteiger partial charge >= 0.3 is 0 Å². The largest absolute Gasteiger partial charge is 0.341 e. The normalized spacial score (nSPS) is 15.0. The molecule has 0 bridgehead atoms. The van der Waals surface area contributed by atoms with E-state index in [4.69, 9.17) is 4.98 Å². The number of amides is 1. The smallest absolute Gasteiger partial charge is 0.244 e. The first-order chi connectivity index (χ1) is 14.8. The van der Waals surface area contributed by atoms with Crippen LogP contribution in [0.3, 0.4) is 0 Å². The second kappa shape index (κ2) is 8.06. The van der Waals surface area contributed by atoms with Gasteiger partial charge in [-0.25, -0.2) is 9.67 Å². The number of tetrazole rings is 1. The summed E-state index contributed by atoms with van der Waals surface area (Å²) in [6.07, 6.45) is 4.08. The molecule has 2 aromatic carbocycles. The summed E-state index contributed by atoms with van der Waals surface area (Å²) in [6, 6.07) is 19.1. The zero-order valence-corrected chi connectivity index (χ0v) is 16.6. The van der Waals surface area contributed by atoms with E-state index in [0.29, 0.717) is 6.04 Å². The Morgan fingerprint density at radius 2 is 1.77 bits per heavy atom. The van der Waals surface area contributed by atoms with Gasteiger partial charge in [0, 0.05) is 25.6 Å². The van der Waals surface area contributed by atoms with E-state index in [1.165, 1.54) is 22.1 Å². The molecule has 0 unspecified atom stereocenters. The first kappa shape index (κ1) is 18.5. The lowest BCUT2D eigenvalue weighted by molar-refractivity contribution is -0.133. The first-order valence-corrected chi connectivity index (χ1v) is 10.3. The number of imidazole rings is 1. The predicted octanol–water partition coefficient (Wildman–Crippen LogP) is 2.48. The minimum Gasteiger partial charge on any atom is -0.341 e. The van der Waals surface area contributed by atoms with E-state index in [1.54, 1.807) is 0 Å². The van der Waals surface area contributed by atoms with Crippen LogP contribution < -0.4 is 0 Å². The topological polar surface area (TPSA) is 81.7 Å². The van der Waals surface area contributed by atoms with Crippen molar-refractivity contribution in [2.45, 2.75) is 31.8 Å². The van der Waals surface area contributed by atoms with Gasteiger partial charge in [-0.1, -0.05) is 42.5 Å². The van der Waals surface area contributed by atoms with Crippen molar-refractivity contribution < 1.29 is 4.79 Å². The van der Waals surface area contributed by atoms with Gasteiger partial charge in [0.05, 0.1) is 11.0 Å². The van der Waals surface area contributed by atoms with Gasteiger partial charge in [-0.05, 0) is 41.0 Å². The standard InChI is InChI=1S/C22H23N7O/c30-22(15-28-16-23-25-26-28)27-12-10-18(11-13-27)29-20-9-5-4-8-19(20)24-21(29)14-17-6-2-1-3-7-17/h1-9,16,18H,10-15H2. The van der Waals surface area contributed by atoms with E-state index in [2.05, 4.69) is 62.6 Å². The predicted molar refractivity (Wildman–Crippen MR) is 112 cm³/mol. The molecule has 0 atom stereocenters. The number of hydrogen-bond acceptors (Lipinski definition) is 5. The molecule has 1 aliphatic rings. The highest BCUT2D eigenvalue weighted by Crippen LogP contribution is 2.30. The number of nitrogens with zero attached hydrogens (tertiary/aromatic N) is 7. The van der Waals surface area contributed by atoms with Gasteiger partial charge in [-0.3, -0.25) is 4.79 Å². The zero-order valence-electron chi connectivity index (χ0n) is 16.6. The Balaban J connectivity index is 1.36. The van der Waals surface area contributed by atoms with Gasteiger partial charge in [0.1, 0.15) is 18.7 Å². The molecule has 3 heterocycles. The van der Waals surface area contributed by atoms with Gasteiger partial charge in [-0.2, -0.15) is 0 Å². The number of likely N-dealkylation sites (tertiary alicyclic amines) is 1. The molecule has 1 amide bonds. The summed E-state index contributed by atoms with van der Waals surface area (Å²) >= 11 is 0. The van der Waals surface area contributed by atoms with E-state index < -0.39 is 0 Å². The number of carbonyl (C=O) groups is 1. The average Bonchev–Trinajstić information content (AvgIpc) is 3.42. The lowest BCUT2D eigenvalue weighted by Crippen LogP contribution is -2.41. The fourth-order valence-electron chi connectivity index (χ4n) is 4.27. The van der Waals surface area contributed by atoms with Crippen molar-refractivity contribution >= 4 is 16.9 Å². The van der Waals surface area contributed by atoms with Crippen LogP contribution in [0.4, 0.5) is 0 Å². The van der Waals surface area contributed by atoms with Crippen molar-refractivity contribution in [3.05, 3.63) is 72.3 Å². The van der Waals surface area contributed by atoms with Gasteiger partial charge in [0.2, 0.25) is 5.91 Å². The third-order valence-corrected chi connectivity index (χ3v) is 5.74. The third-order valence-electron chi connectivity index (χ3n) is 5.74. The second-order valence-corrected chi connectivity index (χ2v) is 7.67. The molecule has 8 nitrogen and oxygen atoms in total. The van der Waals surface area contributed by atoms with Crippen molar-refractivity contribution in [2.24, 2.45) is 0 Å². The number of fused-ring (bicyclic) bond motifs is 1. The highest BCUT2D eigenvalue weighted by atomic mass is 16.2. The minimum absolute atomic E-state index is 0.0562. The molecule has 2 aromatic heterocycles. The van der Waals surface area contributed by atoms with E-state index in [0.717, 1.165) is 43.7 Å². The number of carbonyl (C=O) groups excluding carboxylic acids is 1. The van der Waals surface area contributed by atoms with Gasteiger partial charge in [0.15, 0.2) is 0 Å². The fraction of sp³-hybridized carbons (Fsp3) is 0.318. The molecule has 0 spiro atoms. The van der Waals surface area contributed by atoms with Crippen LogP contribution in [0.2, 0.25) is 0 Å². The molecule has 5 rings (SSSR count). The van der Waals surface area contributed by atoms with Crippen LogP contribution in [-0.4, -0.2) is 53.7 Å². The molecule has 30 heavy (non-hydrogen) atoms. The van der Waals surface area contributed by atoms with Crippen molar-refractivity contribution in [1.82, 2.24) is 34.7 Å². The third kappa shape index (κ3) is 3.68. The molecule has 0 saturated carbocycles. The van der Waals surface area contributed by atoms with Crippen LogP contribution in [0, 0.1) is 0 Å². The number of piperidine rings is 1. The monoisotopic (exact) mass is 401 g/mol. The Kier molecular flexibility index (Phi) is 4.96. The maximum Gasteiger partial charge on any atom is 0.244 e. The lowest BCUT2D eigenvalue weighted by atomic mass is 10.0. The summed E-state index contributed by atoms with van der Waals surface area (Å²) in [6.45, 7) is 1.64. The average molecular weight is 401 g/mol. The number of aromatic nitrogens is 6. The summed E-state index contributed by atoms with van der Waals surface area (Å²) in [4.78, 5) is 19.4. The maximum atomic E-state index is 12.6. The fourth-order valence-corrected chi connectivity index (χ4v) is 4.27. The Bertz CT molecular complexity index is 1130. The highest BCUT2D eigenvalue weighted by molar-refractivity contribution is 5.77. The molecular weight excluding hydrogens is 378 g/mol. The molecule has 0 N–H and O–H groups in total. The Labute approximate surface area is 174 Å². The summed E-state index contributed by atoms with van der Waals surface area (Å²) in [5.74, 6) is 1.14. The quantitative estimate of drug-likeness (QED) is 0.513. The van der Waals surface area contributed by atoms with Crippen molar-refractivity contribution in [3.8, 4) is 0 Å². The molecular formula is C22H23N7O. The van der Waals surface area contributed by atoms with Gasteiger partial charge in [-0.15, -0.1) is 5.10 Å². The summed E-state index contributed by atoms with van der Waals surface area (Å²) in [7, 11) is 0. The maximum absolute atomic E-state index is 12.6. The van der Waals surface area contributed by atoms with E-state index in [-0.39, 0.29) is 12.5 Å². The Morgan fingerprint density at radius 1 is 1.00 bits per heavy atom. The molecule has 1 fully saturated rings. The summed E-state index contributed by atoms with van der Waals surface area (Å²) in [5.41, 5.74) is 3.45. The number of benzene rings is 2. The second-order valence-electron chi connectivity index (χ2n) is 7.67.